The monoisotopic (exact) mass is 1490 g/mol. The van der Waals surface area contributed by atoms with Crippen LogP contribution in [-0.4, -0.2) is 65.4 Å². The minimum absolute atomic E-state index is 0. The molecule has 0 aliphatic rings. The molecule has 0 atom stereocenters. The number of rotatable bonds is 0. The second kappa shape index (κ2) is 86.5. The first-order valence-electron chi connectivity index (χ1n) is 17.6. The van der Waals surface area contributed by atoms with Crippen LogP contribution >= 0.6 is 34.2 Å². The molecule has 10 radical (unpaired) electrons. The molecule has 0 saturated heterocycles. The number of nitrogens with zero attached hydrogens (tertiary/aromatic N) is 10. The van der Waals surface area contributed by atoms with Crippen LogP contribution in [0.1, 0.15) is 55.8 Å². The summed E-state index contributed by atoms with van der Waals surface area (Å²) in [4.78, 5) is 14.3. The smallest absolute Gasteiger partial charge is 0.180 e. The van der Waals surface area contributed by atoms with E-state index in [1.54, 1.807) is 67.7 Å². The summed E-state index contributed by atoms with van der Waals surface area (Å²) in [6.45, 7) is 19.3. The van der Waals surface area contributed by atoms with Gasteiger partial charge >= 0.3 is 0 Å². The number of thiophene rings is 1. The molecular weight excluding hydrogens is 1420 g/mol. The number of thiazole rings is 1. The van der Waals surface area contributed by atoms with Crippen molar-refractivity contribution in [3.8, 4) is 0 Å². The molecule has 0 amide bonds. The predicted octanol–water partition coefficient (Wildman–Crippen LogP) is 13.0. The van der Waals surface area contributed by atoms with Crippen molar-refractivity contribution in [2.45, 2.75) is 69.2 Å². The van der Waals surface area contributed by atoms with Crippen LogP contribution in [0.3, 0.4) is 0 Å². The van der Waals surface area contributed by atoms with E-state index in [4.69, 9.17) is 4.42 Å². The van der Waals surface area contributed by atoms with Gasteiger partial charge in [0.25, 0.3) is 0 Å². The zero-order valence-corrected chi connectivity index (χ0v) is 63.0. The number of aromatic amines is 3. The van der Waals surface area contributed by atoms with Crippen molar-refractivity contribution in [1.29, 1.82) is 0 Å². The van der Waals surface area contributed by atoms with Crippen LogP contribution in [0.4, 0.5) is 0 Å². The van der Waals surface area contributed by atoms with E-state index in [9.17, 15) is 0 Å². The fourth-order valence-corrected chi connectivity index (χ4v) is 4.34. The largest absolute Gasteiger partial charge is 0.548 e. The molecule has 0 saturated carbocycles. The summed E-state index contributed by atoms with van der Waals surface area (Å²) in [6.07, 6.45) is 22.9. The van der Waals surface area contributed by atoms with Crippen molar-refractivity contribution >= 4 is 34.2 Å². The molecule has 0 bridgehead atoms. The molecule has 10 aromatic rings. The van der Waals surface area contributed by atoms with Crippen LogP contribution in [0, 0.1) is 140 Å². The topological polar surface area (TPSA) is 229 Å². The van der Waals surface area contributed by atoms with Gasteiger partial charge in [0.1, 0.15) is 6.26 Å². The molecule has 0 fully saturated rings. The first-order valence-corrected chi connectivity index (χ1v) is 20.3. The van der Waals surface area contributed by atoms with E-state index < -0.39 is 0 Å². The second-order valence-corrected chi connectivity index (χ2v) is 14.0. The molecular formula is C47H71N13O4S3V10-10. The Balaban J connectivity index is -0.0000000338. The van der Waals surface area contributed by atoms with E-state index in [0.29, 0.717) is 11.5 Å². The van der Waals surface area contributed by atoms with E-state index in [1.165, 1.54) is 40.2 Å². The molecule has 0 aromatic carbocycles. The summed E-state index contributed by atoms with van der Waals surface area (Å²) < 4.78 is 21.6. The number of furan rings is 1. The van der Waals surface area contributed by atoms with Gasteiger partial charge in [-0.15, -0.1) is 22.9 Å². The fraction of sp³-hybridized carbons (Fsp3) is 0.213. The van der Waals surface area contributed by atoms with Crippen molar-refractivity contribution in [3.63, 3.8) is 0 Å². The molecule has 77 heavy (non-hydrogen) atoms. The maximum absolute atomic E-state index is 4.71. The summed E-state index contributed by atoms with van der Waals surface area (Å²) in [5.41, 5.74) is 10.7. The van der Waals surface area contributed by atoms with Crippen LogP contribution in [0.5, 0.6) is 0 Å². The Kier molecular flexibility index (Phi) is 138. The number of hydrogen-bond acceptors (Lipinski definition) is 17. The van der Waals surface area contributed by atoms with Crippen molar-refractivity contribution in [3.05, 3.63) is 229 Å². The van der Waals surface area contributed by atoms with Gasteiger partial charge in [0.2, 0.25) is 0 Å². The van der Waals surface area contributed by atoms with Gasteiger partial charge in [-0.3, -0.25) is 21.4 Å². The summed E-state index contributed by atoms with van der Waals surface area (Å²) in [5, 5.41) is 33.0. The maximum Gasteiger partial charge on any atom is 0.180 e. The van der Waals surface area contributed by atoms with E-state index in [-0.39, 0.29) is 238 Å². The van der Waals surface area contributed by atoms with Crippen LogP contribution < -0.4 is 0 Å². The normalized spacial score (nSPS) is 6.88. The van der Waals surface area contributed by atoms with E-state index in [2.05, 4.69) is 128 Å². The zero-order chi connectivity index (χ0) is 44.1. The number of aryl methyl sites for hydroxylation is 10. The Labute approximate surface area is 593 Å². The average molecular weight is 1490 g/mol. The fourth-order valence-electron chi connectivity index (χ4n) is 2.84. The number of oxazole rings is 1. The molecule has 3 N–H and O–H groups in total. The third-order valence-corrected chi connectivity index (χ3v) is 7.78. The van der Waals surface area contributed by atoms with Gasteiger partial charge in [-0.25, -0.2) is 11.2 Å². The molecule has 0 aliphatic heterocycles. The second-order valence-electron chi connectivity index (χ2n) is 11.6. The van der Waals surface area contributed by atoms with Gasteiger partial charge in [0.15, 0.2) is 6.39 Å². The maximum atomic E-state index is 4.71. The van der Waals surface area contributed by atoms with Crippen molar-refractivity contribution in [2.75, 3.05) is 0 Å². The molecule has 0 spiro atoms. The predicted molar refractivity (Wildman–Crippen MR) is 277 cm³/mol. The van der Waals surface area contributed by atoms with Crippen molar-refractivity contribution in [2.24, 2.45) is 0 Å². The molecule has 10 heterocycles. The van der Waals surface area contributed by atoms with Gasteiger partial charge in [0, 0.05) is 227 Å². The summed E-state index contributed by atoms with van der Waals surface area (Å²) >= 11 is 4.73. The van der Waals surface area contributed by atoms with Crippen LogP contribution in [0.25, 0.3) is 0 Å². The van der Waals surface area contributed by atoms with Crippen LogP contribution in [0.15, 0.2) is 120 Å². The average Bonchev–Trinajstić information content (AvgIpc) is 4.06. The quantitative estimate of drug-likeness (QED) is 0.120. The van der Waals surface area contributed by atoms with Crippen LogP contribution in [-0.2, 0) is 186 Å². The molecule has 17 nitrogen and oxygen atoms in total. The zero-order valence-electron chi connectivity index (χ0n) is 46.6. The third kappa shape index (κ3) is 84.1. The van der Waals surface area contributed by atoms with E-state index >= 15 is 0 Å². The van der Waals surface area contributed by atoms with Crippen LogP contribution in [0.2, 0.25) is 0 Å². The van der Waals surface area contributed by atoms with Gasteiger partial charge < -0.3 is 89.3 Å². The summed E-state index contributed by atoms with van der Waals surface area (Å²) in [5.74, 6) is 0.620. The molecule has 0 aliphatic carbocycles. The standard InChI is InChI=1S/C5H7N.C5H6O.C5H6S.2C4H6N2.C4H5NO.C4H5NS.2C3H3N2O.C3H3N2S.7CH3.10V/c3*1-5-2-3-6-4-5;1-4-2-5-6-3-4;1-4-2-3-5-6-4;2*1-4-2-6-3-5-4;1-3-2-6-5-4-3;1-3-2-4-5-6-3;1-3-4-2-5-6-3;;;;;;;;;;;;;;;;;/h2-4,6H,1H3;2*2-4H,1H3;2*2-3H,1H3,(H,5,6);2*2-3H,1H3;3*1H3;7*1H3;;;;;;;;;;/q;;;;;;;10*-1;;;;;;;;;;. The molecule has 10 aromatic heterocycles. The van der Waals surface area contributed by atoms with Gasteiger partial charge in [-0.05, 0) is 140 Å². The van der Waals surface area contributed by atoms with Gasteiger partial charge in [-0.1, -0.05) is 19.5 Å². The Morgan fingerprint density at radius 2 is 1.25 bits per heavy atom. The molecule has 30 heteroatoms. The first-order chi connectivity index (χ1) is 28.9. The van der Waals surface area contributed by atoms with Gasteiger partial charge in [0.05, 0.1) is 29.9 Å². The molecule has 0 unspecified atom stereocenters. The van der Waals surface area contributed by atoms with E-state index in [0.717, 1.165) is 22.1 Å². The van der Waals surface area contributed by atoms with Gasteiger partial charge in [-0.2, -0.15) is 26.6 Å². The Morgan fingerprint density at radius 1 is 0.597 bits per heavy atom. The molecule has 426 valence electrons. The Morgan fingerprint density at radius 3 is 1.38 bits per heavy atom. The summed E-state index contributed by atoms with van der Waals surface area (Å²) in [7, 11) is 0. The number of aromatic nitrogens is 13. The minimum Gasteiger partial charge on any atom is -0.548 e. The Hall–Kier alpha value is -0.796. The number of nitrogens with one attached hydrogen (secondary N) is 3. The van der Waals surface area contributed by atoms with Crippen molar-refractivity contribution < 1.29 is 203 Å². The first kappa shape index (κ1) is 123. The number of H-pyrrole nitrogens is 3. The third-order valence-electron chi connectivity index (χ3n) is 5.74. The minimum atomic E-state index is 0. The Bertz CT molecular complexity index is 1700. The van der Waals surface area contributed by atoms with E-state index in [1.807, 2.05) is 89.2 Å². The van der Waals surface area contributed by atoms with Crippen molar-refractivity contribution in [1.82, 2.24) is 65.4 Å². The summed E-state index contributed by atoms with van der Waals surface area (Å²) in [6, 6.07) is 7.96. The SMILES string of the molecule is Cc1[c-]nno1.Cc1[c-]onn1.Cc1cc[nH]c1.Cc1ccn[nH]1.Cc1ccoc1.Cc1ccsc1.Cc1cn[nH]c1.Cc1cocn1.Cc1cscn1.Cc1n[c-]ns1.[CH3-].[CH3-].[CH3-].[CH3-].[CH3-].[CH3-].[CH3-].[V].[V].[V].[V].[V].[V].[V].[V].[V].[V]. The molecule has 10 rings (SSSR count). The number of hydrogen-bond donors (Lipinski definition) is 3.